The van der Waals surface area contributed by atoms with Gasteiger partial charge in [0.2, 0.25) is 0 Å². The van der Waals surface area contributed by atoms with Crippen molar-refractivity contribution in [3.8, 4) is 0 Å². The van der Waals surface area contributed by atoms with Crippen LogP contribution in [-0.2, 0) is 6.54 Å². The van der Waals surface area contributed by atoms with E-state index in [-0.39, 0.29) is 0 Å². The summed E-state index contributed by atoms with van der Waals surface area (Å²) in [6.45, 7) is 7.14. The molecule has 0 radical (unpaired) electrons. The number of halogens is 1. The van der Waals surface area contributed by atoms with Gasteiger partial charge in [0.05, 0.1) is 10.7 Å². The summed E-state index contributed by atoms with van der Waals surface area (Å²) in [5, 5.41) is 5.42. The van der Waals surface area contributed by atoms with Crippen molar-refractivity contribution < 1.29 is 0 Å². The molecule has 0 aliphatic rings. The first kappa shape index (κ1) is 13.5. The molecule has 1 heterocycles. The van der Waals surface area contributed by atoms with Crippen molar-refractivity contribution in [2.45, 2.75) is 33.4 Å². The highest BCUT2D eigenvalue weighted by Gasteiger charge is 2.12. The van der Waals surface area contributed by atoms with Gasteiger partial charge in [-0.3, -0.25) is 0 Å². The summed E-state index contributed by atoms with van der Waals surface area (Å²) in [4.78, 5) is 5.78. The topological polar surface area (TPSA) is 24.9 Å². The Hall–Kier alpha value is -0.900. The van der Waals surface area contributed by atoms with Gasteiger partial charge in [0, 0.05) is 22.5 Å². The average molecular weight is 281 g/mol. The average Bonchev–Trinajstić information content (AvgIpc) is 2.67. The lowest BCUT2D eigenvalue weighted by Crippen LogP contribution is -2.17. The third kappa shape index (κ3) is 3.31. The van der Waals surface area contributed by atoms with Crippen molar-refractivity contribution in [2.24, 2.45) is 0 Å². The van der Waals surface area contributed by atoms with Crippen LogP contribution in [0.1, 0.15) is 34.1 Å². The second kappa shape index (κ2) is 5.83. The summed E-state index contributed by atoms with van der Waals surface area (Å²) in [5.74, 6) is 0. The van der Waals surface area contributed by atoms with E-state index in [4.69, 9.17) is 11.6 Å². The zero-order chi connectivity index (χ0) is 13.1. The van der Waals surface area contributed by atoms with E-state index in [0.29, 0.717) is 6.04 Å². The van der Waals surface area contributed by atoms with Crippen LogP contribution in [0.25, 0.3) is 0 Å². The normalized spacial score (nSPS) is 12.7. The van der Waals surface area contributed by atoms with Crippen molar-refractivity contribution in [2.75, 3.05) is 0 Å². The Labute approximate surface area is 117 Å². The Bertz CT molecular complexity index is 519. The predicted octanol–water partition coefficient (Wildman–Crippen LogP) is 4.26. The molecule has 0 spiro atoms. The fourth-order valence-electron chi connectivity index (χ4n) is 1.91. The molecule has 0 aliphatic heterocycles. The van der Waals surface area contributed by atoms with E-state index in [1.165, 1.54) is 10.4 Å². The van der Waals surface area contributed by atoms with Gasteiger partial charge in [0.1, 0.15) is 0 Å². The molecule has 0 fully saturated rings. The molecule has 1 aromatic heterocycles. The number of rotatable bonds is 4. The van der Waals surface area contributed by atoms with E-state index < -0.39 is 0 Å². The van der Waals surface area contributed by atoms with Crippen LogP contribution in [0.4, 0.5) is 0 Å². The summed E-state index contributed by atoms with van der Waals surface area (Å²) >= 11 is 7.63. The molecule has 2 nitrogen and oxygen atoms in total. The fraction of sp³-hybridized carbons (Fsp3) is 0.357. The Balaban J connectivity index is 1.98. The van der Waals surface area contributed by atoms with Crippen LogP contribution in [0.5, 0.6) is 0 Å². The molecule has 1 unspecified atom stereocenters. The Morgan fingerprint density at radius 1 is 1.28 bits per heavy atom. The number of thiazole rings is 1. The van der Waals surface area contributed by atoms with Crippen molar-refractivity contribution in [3.05, 3.63) is 50.4 Å². The highest BCUT2D eigenvalue weighted by atomic mass is 35.5. The van der Waals surface area contributed by atoms with Crippen LogP contribution in [-0.4, -0.2) is 4.98 Å². The zero-order valence-corrected chi connectivity index (χ0v) is 12.4. The maximum Gasteiger partial charge on any atom is 0.0900 e. The van der Waals surface area contributed by atoms with Gasteiger partial charge >= 0.3 is 0 Å². The standard InChI is InChI=1S/C14H17ClN2S/c1-9(14-10(2)17-11(3)18-14)16-8-12-4-6-13(15)7-5-12/h4-7,9,16H,8H2,1-3H3. The molecule has 1 aromatic carbocycles. The second-order valence-corrected chi connectivity index (χ2v) is 6.08. The number of benzene rings is 1. The first-order valence-electron chi connectivity index (χ1n) is 5.98. The molecule has 2 aromatic rings. The molecule has 0 saturated carbocycles. The van der Waals surface area contributed by atoms with Gasteiger partial charge in [-0.25, -0.2) is 4.98 Å². The summed E-state index contributed by atoms with van der Waals surface area (Å²) < 4.78 is 0. The van der Waals surface area contributed by atoms with Gasteiger partial charge in [-0.1, -0.05) is 23.7 Å². The van der Waals surface area contributed by atoms with E-state index in [2.05, 4.69) is 24.1 Å². The van der Waals surface area contributed by atoms with Crippen LogP contribution in [0, 0.1) is 13.8 Å². The van der Waals surface area contributed by atoms with Gasteiger partial charge in [0.15, 0.2) is 0 Å². The number of nitrogens with zero attached hydrogens (tertiary/aromatic N) is 1. The molecule has 0 amide bonds. The third-order valence-corrected chi connectivity index (χ3v) is 4.37. The summed E-state index contributed by atoms with van der Waals surface area (Å²) in [7, 11) is 0. The number of hydrogen-bond acceptors (Lipinski definition) is 3. The van der Waals surface area contributed by atoms with Gasteiger partial charge in [-0.05, 0) is 38.5 Å². The maximum atomic E-state index is 5.87. The number of hydrogen-bond donors (Lipinski definition) is 1. The van der Waals surface area contributed by atoms with Crippen molar-refractivity contribution in [1.29, 1.82) is 0 Å². The van der Waals surface area contributed by atoms with E-state index in [9.17, 15) is 0 Å². The molecular weight excluding hydrogens is 264 g/mol. The van der Waals surface area contributed by atoms with Crippen LogP contribution in [0.3, 0.4) is 0 Å². The minimum absolute atomic E-state index is 0.326. The molecule has 2 rings (SSSR count). The molecule has 96 valence electrons. The SMILES string of the molecule is Cc1nc(C)c(C(C)NCc2ccc(Cl)cc2)s1. The molecular formula is C14H17ClN2S. The summed E-state index contributed by atoms with van der Waals surface area (Å²) in [6.07, 6.45) is 0. The molecule has 18 heavy (non-hydrogen) atoms. The minimum Gasteiger partial charge on any atom is -0.305 e. The van der Waals surface area contributed by atoms with Crippen molar-refractivity contribution in [1.82, 2.24) is 10.3 Å². The van der Waals surface area contributed by atoms with E-state index in [0.717, 1.165) is 22.3 Å². The van der Waals surface area contributed by atoms with E-state index in [1.54, 1.807) is 11.3 Å². The molecule has 0 aliphatic carbocycles. The van der Waals surface area contributed by atoms with Crippen LogP contribution in [0.2, 0.25) is 5.02 Å². The lowest BCUT2D eigenvalue weighted by Gasteiger charge is -2.12. The summed E-state index contributed by atoms with van der Waals surface area (Å²) in [5.41, 5.74) is 2.37. The minimum atomic E-state index is 0.326. The molecule has 1 atom stereocenters. The lowest BCUT2D eigenvalue weighted by molar-refractivity contribution is 0.579. The quantitative estimate of drug-likeness (QED) is 0.905. The fourth-order valence-corrected chi connectivity index (χ4v) is 2.99. The van der Waals surface area contributed by atoms with Gasteiger partial charge < -0.3 is 5.32 Å². The van der Waals surface area contributed by atoms with Crippen LogP contribution < -0.4 is 5.32 Å². The monoisotopic (exact) mass is 280 g/mol. The number of aryl methyl sites for hydroxylation is 2. The zero-order valence-electron chi connectivity index (χ0n) is 10.8. The number of aromatic nitrogens is 1. The number of nitrogens with one attached hydrogen (secondary N) is 1. The highest BCUT2D eigenvalue weighted by Crippen LogP contribution is 2.24. The van der Waals surface area contributed by atoms with Crippen LogP contribution >= 0.6 is 22.9 Å². The molecule has 0 bridgehead atoms. The smallest absolute Gasteiger partial charge is 0.0900 e. The van der Waals surface area contributed by atoms with E-state index in [1.807, 2.05) is 31.2 Å². The third-order valence-electron chi connectivity index (χ3n) is 2.86. The van der Waals surface area contributed by atoms with Gasteiger partial charge in [-0.15, -0.1) is 11.3 Å². The van der Waals surface area contributed by atoms with E-state index >= 15 is 0 Å². The maximum absolute atomic E-state index is 5.87. The Morgan fingerprint density at radius 3 is 2.50 bits per heavy atom. The summed E-state index contributed by atoms with van der Waals surface area (Å²) in [6, 6.07) is 8.27. The first-order valence-corrected chi connectivity index (χ1v) is 7.17. The lowest BCUT2D eigenvalue weighted by atomic mass is 10.2. The second-order valence-electron chi connectivity index (χ2n) is 4.41. The van der Waals surface area contributed by atoms with Crippen molar-refractivity contribution in [3.63, 3.8) is 0 Å². The highest BCUT2D eigenvalue weighted by molar-refractivity contribution is 7.11. The molecule has 4 heteroatoms. The Kier molecular flexibility index (Phi) is 4.38. The predicted molar refractivity (Wildman–Crippen MR) is 78.3 cm³/mol. The first-order chi connectivity index (χ1) is 8.56. The van der Waals surface area contributed by atoms with Gasteiger partial charge in [0.25, 0.3) is 0 Å². The van der Waals surface area contributed by atoms with Crippen molar-refractivity contribution >= 4 is 22.9 Å². The Morgan fingerprint density at radius 2 is 1.94 bits per heavy atom. The molecule has 1 N–H and O–H groups in total. The van der Waals surface area contributed by atoms with Gasteiger partial charge in [-0.2, -0.15) is 0 Å². The molecule has 0 saturated heterocycles. The largest absolute Gasteiger partial charge is 0.305 e. The van der Waals surface area contributed by atoms with Crippen LogP contribution in [0.15, 0.2) is 24.3 Å².